The van der Waals surface area contributed by atoms with Gasteiger partial charge in [0.2, 0.25) is 0 Å². The highest BCUT2D eigenvalue weighted by Crippen LogP contribution is 2.09. The Balaban J connectivity index is 4.05. The van der Waals surface area contributed by atoms with E-state index in [-0.39, 0.29) is 0 Å². The van der Waals surface area contributed by atoms with Gasteiger partial charge in [-0.1, -0.05) is 5.16 Å². The molecule has 5 heteroatoms. The van der Waals surface area contributed by atoms with Gasteiger partial charge in [0.15, 0.2) is 5.38 Å². The molecule has 4 nitrogen and oxygen atoms in total. The van der Waals surface area contributed by atoms with Crippen LogP contribution in [-0.2, 0) is 9.53 Å². The van der Waals surface area contributed by atoms with Crippen molar-refractivity contribution < 1.29 is 14.7 Å². The largest absolute Gasteiger partial charge is 0.459 e. The number of carbonyl (C=O) groups excluding carboxylic acids is 1. The van der Waals surface area contributed by atoms with Gasteiger partial charge in [0.1, 0.15) is 5.60 Å². The van der Waals surface area contributed by atoms with Crippen molar-refractivity contribution in [2.75, 3.05) is 0 Å². The number of hydrogen-bond donors (Lipinski definition) is 1. The number of ether oxygens (including phenoxy) is 1. The molecular formula is C7H12ClNO3. The van der Waals surface area contributed by atoms with Crippen molar-refractivity contribution >= 4 is 23.8 Å². The Labute approximate surface area is 76.2 Å². The first-order chi connectivity index (χ1) is 5.37. The van der Waals surface area contributed by atoms with Crippen molar-refractivity contribution in [3.63, 3.8) is 0 Å². The zero-order valence-corrected chi connectivity index (χ0v) is 8.00. The molecule has 70 valence electrons. The summed E-state index contributed by atoms with van der Waals surface area (Å²) < 4.78 is 4.88. The Kier molecular flexibility index (Phi) is 4.03. The summed E-state index contributed by atoms with van der Waals surface area (Å²) in [7, 11) is 0. The summed E-state index contributed by atoms with van der Waals surface area (Å²) in [5.74, 6) is -0.623. The van der Waals surface area contributed by atoms with E-state index in [0.717, 1.165) is 6.21 Å². The van der Waals surface area contributed by atoms with Crippen LogP contribution >= 0.6 is 11.6 Å². The first kappa shape index (κ1) is 11.2. The molecule has 0 aromatic carbocycles. The van der Waals surface area contributed by atoms with Crippen LogP contribution in [0.15, 0.2) is 5.16 Å². The molecule has 12 heavy (non-hydrogen) atoms. The highest BCUT2D eigenvalue weighted by molar-refractivity contribution is 6.38. The average Bonchev–Trinajstić information content (AvgIpc) is 1.84. The summed E-state index contributed by atoms with van der Waals surface area (Å²) in [6.07, 6.45) is 0.898. The summed E-state index contributed by atoms with van der Waals surface area (Å²) >= 11 is 5.45. The van der Waals surface area contributed by atoms with Gasteiger partial charge in [-0.25, -0.2) is 0 Å². The highest BCUT2D eigenvalue weighted by Gasteiger charge is 2.21. The van der Waals surface area contributed by atoms with Gasteiger partial charge in [-0.15, -0.1) is 11.6 Å². The average molecular weight is 194 g/mol. The van der Waals surface area contributed by atoms with Gasteiger partial charge >= 0.3 is 5.97 Å². The molecule has 0 spiro atoms. The first-order valence-corrected chi connectivity index (χ1v) is 3.85. The number of alkyl halides is 1. The molecule has 0 aromatic rings. The first-order valence-electron chi connectivity index (χ1n) is 3.41. The molecule has 0 fully saturated rings. The van der Waals surface area contributed by atoms with Crippen molar-refractivity contribution in [2.24, 2.45) is 5.16 Å². The molecule has 0 aromatic heterocycles. The maximum Gasteiger partial charge on any atom is 0.330 e. The monoisotopic (exact) mass is 193 g/mol. The Morgan fingerprint density at radius 1 is 1.67 bits per heavy atom. The molecule has 1 atom stereocenters. The van der Waals surface area contributed by atoms with Crippen LogP contribution in [0.4, 0.5) is 0 Å². The van der Waals surface area contributed by atoms with Crippen LogP contribution in [0, 0.1) is 0 Å². The zero-order valence-electron chi connectivity index (χ0n) is 7.24. The van der Waals surface area contributed by atoms with E-state index in [0.29, 0.717) is 0 Å². The van der Waals surface area contributed by atoms with Crippen LogP contribution in [-0.4, -0.2) is 28.4 Å². The number of nitrogens with zero attached hydrogens (tertiary/aromatic N) is 1. The maximum absolute atomic E-state index is 11.0. The molecule has 0 aliphatic heterocycles. The van der Waals surface area contributed by atoms with Gasteiger partial charge in [0.05, 0.1) is 6.21 Å². The third-order valence-electron chi connectivity index (χ3n) is 0.829. The van der Waals surface area contributed by atoms with Crippen LogP contribution in [0.3, 0.4) is 0 Å². The lowest BCUT2D eigenvalue weighted by Gasteiger charge is -2.19. The minimum Gasteiger partial charge on any atom is -0.459 e. The van der Waals surface area contributed by atoms with Gasteiger partial charge in [-0.05, 0) is 20.8 Å². The second kappa shape index (κ2) is 4.30. The number of esters is 1. The Hall–Kier alpha value is -0.770. The standard InChI is InChI=1S/C7H12ClNO3/c1-7(2,3)12-6(10)5(8)4-9-11/h4-5,11H,1-3H3/b9-4-. The summed E-state index contributed by atoms with van der Waals surface area (Å²) in [6, 6.07) is 0. The van der Waals surface area contributed by atoms with Crippen LogP contribution in [0.5, 0.6) is 0 Å². The molecule has 1 unspecified atom stereocenters. The summed E-state index contributed by atoms with van der Waals surface area (Å²) in [4.78, 5) is 11.0. The van der Waals surface area contributed by atoms with E-state index >= 15 is 0 Å². The Morgan fingerprint density at radius 3 is 2.50 bits per heavy atom. The second-order valence-electron chi connectivity index (χ2n) is 3.20. The SMILES string of the molecule is CC(C)(C)OC(=O)C(Cl)/C=N\O. The number of halogens is 1. The van der Waals surface area contributed by atoms with E-state index in [1.165, 1.54) is 0 Å². The predicted molar refractivity (Wildman–Crippen MR) is 45.8 cm³/mol. The molecule has 1 N–H and O–H groups in total. The molecule has 0 bridgehead atoms. The van der Waals surface area contributed by atoms with E-state index in [1.807, 2.05) is 0 Å². The topological polar surface area (TPSA) is 58.9 Å². The molecular weight excluding hydrogens is 182 g/mol. The van der Waals surface area contributed by atoms with Gasteiger partial charge < -0.3 is 9.94 Å². The minimum absolute atomic E-state index is 0.576. The van der Waals surface area contributed by atoms with Gasteiger partial charge in [-0.3, -0.25) is 4.79 Å². The van der Waals surface area contributed by atoms with Crippen LogP contribution in [0.2, 0.25) is 0 Å². The van der Waals surface area contributed by atoms with Crippen molar-refractivity contribution in [1.82, 2.24) is 0 Å². The predicted octanol–water partition coefficient (Wildman–Crippen LogP) is 1.40. The van der Waals surface area contributed by atoms with E-state index in [4.69, 9.17) is 21.5 Å². The fraction of sp³-hybridized carbons (Fsp3) is 0.714. The lowest BCUT2D eigenvalue weighted by Crippen LogP contribution is -2.29. The smallest absolute Gasteiger partial charge is 0.330 e. The van der Waals surface area contributed by atoms with Crippen molar-refractivity contribution in [1.29, 1.82) is 0 Å². The molecule has 0 heterocycles. The minimum atomic E-state index is -1.03. The molecule has 0 rings (SSSR count). The number of rotatable bonds is 2. The van der Waals surface area contributed by atoms with E-state index in [2.05, 4.69) is 5.16 Å². The van der Waals surface area contributed by atoms with Gasteiger partial charge in [0, 0.05) is 0 Å². The highest BCUT2D eigenvalue weighted by atomic mass is 35.5. The third kappa shape index (κ3) is 4.96. The summed E-state index contributed by atoms with van der Waals surface area (Å²) in [5.41, 5.74) is -0.576. The van der Waals surface area contributed by atoms with Crippen molar-refractivity contribution in [3.05, 3.63) is 0 Å². The molecule has 0 aliphatic rings. The number of carbonyl (C=O) groups is 1. The Morgan fingerprint density at radius 2 is 2.17 bits per heavy atom. The van der Waals surface area contributed by atoms with E-state index in [9.17, 15) is 4.79 Å². The number of hydrogen-bond acceptors (Lipinski definition) is 4. The third-order valence-corrected chi connectivity index (χ3v) is 1.12. The van der Waals surface area contributed by atoms with Crippen LogP contribution in [0.1, 0.15) is 20.8 Å². The second-order valence-corrected chi connectivity index (χ2v) is 3.67. The maximum atomic E-state index is 11.0. The molecule has 0 radical (unpaired) electrons. The quantitative estimate of drug-likeness (QED) is 0.237. The van der Waals surface area contributed by atoms with E-state index in [1.54, 1.807) is 20.8 Å². The fourth-order valence-corrected chi connectivity index (χ4v) is 0.572. The van der Waals surface area contributed by atoms with Crippen LogP contribution < -0.4 is 0 Å². The van der Waals surface area contributed by atoms with Gasteiger partial charge in [-0.2, -0.15) is 0 Å². The molecule has 0 amide bonds. The zero-order chi connectivity index (χ0) is 9.78. The lowest BCUT2D eigenvalue weighted by molar-refractivity contribution is -0.152. The fourth-order valence-electron chi connectivity index (χ4n) is 0.477. The summed E-state index contributed by atoms with van der Waals surface area (Å²) in [5, 5.41) is 9.66. The molecule has 0 saturated heterocycles. The summed E-state index contributed by atoms with van der Waals surface area (Å²) in [6.45, 7) is 5.18. The van der Waals surface area contributed by atoms with Crippen molar-refractivity contribution in [2.45, 2.75) is 31.7 Å². The number of oxime groups is 1. The van der Waals surface area contributed by atoms with E-state index < -0.39 is 16.9 Å². The van der Waals surface area contributed by atoms with Crippen LogP contribution in [0.25, 0.3) is 0 Å². The Bertz CT molecular complexity index is 186. The lowest BCUT2D eigenvalue weighted by atomic mass is 10.2. The van der Waals surface area contributed by atoms with Gasteiger partial charge in [0.25, 0.3) is 0 Å². The van der Waals surface area contributed by atoms with Crippen molar-refractivity contribution in [3.8, 4) is 0 Å². The normalized spacial score (nSPS) is 14.7. The molecule has 0 aliphatic carbocycles. The molecule has 0 saturated carbocycles.